The average molecular weight is 385 g/mol. The maximum Gasteiger partial charge on any atom is 0.316 e. The lowest BCUT2D eigenvalue weighted by Gasteiger charge is -2.19. The summed E-state index contributed by atoms with van der Waals surface area (Å²) in [6, 6.07) is 23.3. The first-order valence-corrected chi connectivity index (χ1v) is 9.76. The van der Waals surface area contributed by atoms with Crippen molar-refractivity contribution in [2.45, 2.75) is 20.3 Å². The number of esters is 1. The summed E-state index contributed by atoms with van der Waals surface area (Å²) in [5, 5.41) is 0. The number of anilines is 1. The molecule has 1 fully saturated rings. The molecule has 1 amide bonds. The number of carbonyl (C=O) groups excluding carboxylic acids is 2. The molecule has 1 aliphatic heterocycles. The third-order valence-corrected chi connectivity index (χ3v) is 5.28. The van der Waals surface area contributed by atoms with Gasteiger partial charge in [0.15, 0.2) is 0 Å². The van der Waals surface area contributed by atoms with Crippen LogP contribution < -0.4 is 9.64 Å². The van der Waals surface area contributed by atoms with Crippen LogP contribution in [-0.4, -0.2) is 18.4 Å². The Labute approximate surface area is 170 Å². The van der Waals surface area contributed by atoms with E-state index in [4.69, 9.17) is 4.74 Å². The van der Waals surface area contributed by atoms with Crippen LogP contribution >= 0.6 is 0 Å². The summed E-state index contributed by atoms with van der Waals surface area (Å²) in [6.45, 7) is 4.35. The molecule has 0 saturated carbocycles. The van der Waals surface area contributed by atoms with Crippen molar-refractivity contribution in [2.24, 2.45) is 5.92 Å². The Morgan fingerprint density at radius 3 is 2.45 bits per heavy atom. The highest BCUT2D eigenvalue weighted by Crippen LogP contribution is 2.32. The lowest BCUT2D eigenvalue weighted by molar-refractivity contribution is -0.139. The third kappa shape index (κ3) is 3.92. The molecule has 0 radical (unpaired) electrons. The van der Waals surface area contributed by atoms with Crippen LogP contribution in [0.1, 0.15) is 17.5 Å². The number of aryl methyl sites for hydroxylation is 2. The summed E-state index contributed by atoms with van der Waals surface area (Å²) in [5.74, 6) is -0.377. The van der Waals surface area contributed by atoms with Gasteiger partial charge in [-0.1, -0.05) is 66.2 Å². The standard InChI is InChI=1S/C25H23NO3/c1-17-12-13-22(18(2)14-17)26-16-20(15-24(26)27)25(28)29-23-11-7-6-10-21(23)19-8-4-3-5-9-19/h3-14,20H,15-16H2,1-2H3/t20-/m0/s1. The predicted octanol–water partition coefficient (Wildman–Crippen LogP) is 4.93. The molecule has 146 valence electrons. The number of hydrogen-bond donors (Lipinski definition) is 0. The topological polar surface area (TPSA) is 46.6 Å². The van der Waals surface area contributed by atoms with Crippen LogP contribution in [0.5, 0.6) is 5.75 Å². The van der Waals surface area contributed by atoms with E-state index in [0.717, 1.165) is 27.9 Å². The Balaban J connectivity index is 1.53. The second kappa shape index (κ2) is 7.92. The molecular formula is C25H23NO3. The summed E-state index contributed by atoms with van der Waals surface area (Å²) >= 11 is 0. The van der Waals surface area contributed by atoms with Crippen molar-refractivity contribution in [3.63, 3.8) is 0 Å². The molecule has 4 rings (SSSR count). The van der Waals surface area contributed by atoms with Gasteiger partial charge in [-0.05, 0) is 37.1 Å². The summed E-state index contributed by atoms with van der Waals surface area (Å²) in [5.41, 5.74) is 4.88. The van der Waals surface area contributed by atoms with Gasteiger partial charge in [0.05, 0.1) is 5.92 Å². The van der Waals surface area contributed by atoms with E-state index in [1.807, 2.05) is 80.6 Å². The van der Waals surface area contributed by atoms with Gasteiger partial charge < -0.3 is 9.64 Å². The van der Waals surface area contributed by atoms with Crippen LogP contribution in [0.2, 0.25) is 0 Å². The number of ether oxygens (including phenoxy) is 1. The van der Waals surface area contributed by atoms with E-state index in [2.05, 4.69) is 0 Å². The highest BCUT2D eigenvalue weighted by atomic mass is 16.5. The summed E-state index contributed by atoms with van der Waals surface area (Å²) in [6.07, 6.45) is 0.166. The fourth-order valence-corrected chi connectivity index (χ4v) is 3.81. The number of carbonyl (C=O) groups is 2. The number of hydrogen-bond acceptors (Lipinski definition) is 3. The number of rotatable bonds is 4. The molecule has 1 heterocycles. The lowest BCUT2D eigenvalue weighted by atomic mass is 10.0. The molecule has 29 heavy (non-hydrogen) atoms. The Bertz CT molecular complexity index is 1060. The largest absolute Gasteiger partial charge is 0.426 e. The van der Waals surface area contributed by atoms with Gasteiger partial charge in [0, 0.05) is 24.2 Å². The number of nitrogens with zero attached hydrogens (tertiary/aromatic N) is 1. The van der Waals surface area contributed by atoms with Crippen LogP contribution in [0, 0.1) is 19.8 Å². The zero-order valence-electron chi connectivity index (χ0n) is 16.6. The maximum absolute atomic E-state index is 12.9. The van der Waals surface area contributed by atoms with Crippen molar-refractivity contribution >= 4 is 17.6 Å². The third-order valence-electron chi connectivity index (χ3n) is 5.28. The van der Waals surface area contributed by atoms with Crippen molar-refractivity contribution in [3.8, 4) is 16.9 Å². The van der Waals surface area contributed by atoms with Crippen LogP contribution in [0.4, 0.5) is 5.69 Å². The molecule has 3 aromatic rings. The van der Waals surface area contributed by atoms with Gasteiger partial charge >= 0.3 is 5.97 Å². The van der Waals surface area contributed by atoms with Crippen molar-refractivity contribution in [1.29, 1.82) is 0 Å². The van der Waals surface area contributed by atoms with E-state index in [1.165, 1.54) is 0 Å². The van der Waals surface area contributed by atoms with Gasteiger partial charge in [0.25, 0.3) is 0 Å². The quantitative estimate of drug-likeness (QED) is 0.473. The Morgan fingerprint density at radius 1 is 0.966 bits per heavy atom. The normalized spacial score (nSPS) is 16.1. The minimum atomic E-state index is -0.480. The van der Waals surface area contributed by atoms with Gasteiger partial charge in [0.1, 0.15) is 5.75 Å². The average Bonchev–Trinajstić information content (AvgIpc) is 3.11. The number of benzene rings is 3. The second-order valence-electron chi connectivity index (χ2n) is 7.48. The van der Waals surface area contributed by atoms with E-state index in [-0.39, 0.29) is 18.3 Å². The molecule has 0 aromatic heterocycles. The maximum atomic E-state index is 12.9. The molecule has 1 atom stereocenters. The van der Waals surface area contributed by atoms with Crippen LogP contribution in [0.3, 0.4) is 0 Å². The van der Waals surface area contributed by atoms with E-state index in [0.29, 0.717) is 12.3 Å². The minimum Gasteiger partial charge on any atom is -0.426 e. The van der Waals surface area contributed by atoms with Gasteiger partial charge in [-0.2, -0.15) is 0 Å². The van der Waals surface area contributed by atoms with Gasteiger partial charge in [-0.3, -0.25) is 9.59 Å². The van der Waals surface area contributed by atoms with E-state index < -0.39 is 5.92 Å². The van der Waals surface area contributed by atoms with Gasteiger partial charge in [-0.15, -0.1) is 0 Å². The molecule has 3 aromatic carbocycles. The first-order chi connectivity index (χ1) is 14.0. The van der Waals surface area contributed by atoms with E-state index in [1.54, 1.807) is 11.0 Å². The second-order valence-corrected chi connectivity index (χ2v) is 7.48. The Kier molecular flexibility index (Phi) is 5.17. The summed E-state index contributed by atoms with van der Waals surface area (Å²) < 4.78 is 5.75. The fraction of sp³-hybridized carbons (Fsp3) is 0.200. The molecule has 0 spiro atoms. The number of para-hydroxylation sites is 1. The molecule has 0 N–H and O–H groups in total. The molecule has 0 aliphatic carbocycles. The minimum absolute atomic E-state index is 0.0461. The monoisotopic (exact) mass is 385 g/mol. The van der Waals surface area contributed by atoms with Crippen LogP contribution in [0.15, 0.2) is 72.8 Å². The summed E-state index contributed by atoms with van der Waals surface area (Å²) in [7, 11) is 0. The van der Waals surface area contributed by atoms with Crippen LogP contribution in [-0.2, 0) is 9.59 Å². The molecule has 1 aliphatic rings. The van der Waals surface area contributed by atoms with Crippen molar-refractivity contribution in [1.82, 2.24) is 0 Å². The molecule has 4 heteroatoms. The highest BCUT2D eigenvalue weighted by Gasteiger charge is 2.37. The van der Waals surface area contributed by atoms with E-state index in [9.17, 15) is 9.59 Å². The first-order valence-electron chi connectivity index (χ1n) is 9.76. The van der Waals surface area contributed by atoms with Gasteiger partial charge in [0.2, 0.25) is 5.91 Å². The van der Waals surface area contributed by atoms with Gasteiger partial charge in [-0.25, -0.2) is 0 Å². The van der Waals surface area contributed by atoms with Crippen molar-refractivity contribution in [3.05, 3.63) is 83.9 Å². The van der Waals surface area contributed by atoms with Crippen LogP contribution in [0.25, 0.3) is 11.1 Å². The van der Waals surface area contributed by atoms with Crippen molar-refractivity contribution in [2.75, 3.05) is 11.4 Å². The SMILES string of the molecule is Cc1ccc(N2C[C@@H](C(=O)Oc3ccccc3-c3ccccc3)CC2=O)c(C)c1. The molecule has 0 unspecified atom stereocenters. The fourth-order valence-electron chi connectivity index (χ4n) is 3.81. The summed E-state index contributed by atoms with van der Waals surface area (Å²) in [4.78, 5) is 27.1. The van der Waals surface area contributed by atoms with E-state index >= 15 is 0 Å². The molecule has 0 bridgehead atoms. The predicted molar refractivity (Wildman–Crippen MR) is 114 cm³/mol. The Morgan fingerprint density at radius 2 is 1.69 bits per heavy atom. The first kappa shape index (κ1) is 18.9. The zero-order chi connectivity index (χ0) is 20.4. The number of amides is 1. The zero-order valence-corrected chi connectivity index (χ0v) is 16.6. The molecule has 4 nitrogen and oxygen atoms in total. The lowest BCUT2D eigenvalue weighted by Crippen LogP contribution is -2.28. The highest BCUT2D eigenvalue weighted by molar-refractivity contribution is 6.00. The smallest absolute Gasteiger partial charge is 0.316 e. The molecule has 1 saturated heterocycles. The Hall–Kier alpha value is -3.40. The molecular weight excluding hydrogens is 362 g/mol. The van der Waals surface area contributed by atoms with Crippen molar-refractivity contribution < 1.29 is 14.3 Å².